The summed E-state index contributed by atoms with van der Waals surface area (Å²) in [4.78, 5) is 6.64. The van der Waals surface area contributed by atoms with E-state index in [9.17, 15) is 0 Å². The van der Waals surface area contributed by atoms with Crippen LogP contribution >= 0.6 is 15.9 Å². The SMILES string of the molecule is CC(C)N=C(N)N1CC(C)c2c1ccc1c(Br)cccc21. The minimum Gasteiger partial charge on any atom is -0.370 e. The monoisotopic (exact) mass is 345 g/mol. The van der Waals surface area contributed by atoms with Gasteiger partial charge in [-0.3, -0.25) is 4.99 Å². The summed E-state index contributed by atoms with van der Waals surface area (Å²) in [6.07, 6.45) is 0. The van der Waals surface area contributed by atoms with Crippen molar-refractivity contribution in [2.75, 3.05) is 11.4 Å². The van der Waals surface area contributed by atoms with Gasteiger partial charge in [-0.2, -0.15) is 0 Å². The molecule has 2 aromatic rings. The molecular weight excluding hydrogens is 326 g/mol. The molecule has 3 rings (SSSR count). The molecule has 1 unspecified atom stereocenters. The molecule has 21 heavy (non-hydrogen) atoms. The zero-order valence-electron chi connectivity index (χ0n) is 12.6. The lowest BCUT2D eigenvalue weighted by Crippen LogP contribution is -2.37. The molecule has 110 valence electrons. The fraction of sp³-hybridized carbons (Fsp3) is 0.353. The van der Waals surface area contributed by atoms with Crippen LogP contribution in [-0.4, -0.2) is 18.5 Å². The van der Waals surface area contributed by atoms with E-state index in [1.54, 1.807) is 0 Å². The molecular formula is C17H20BrN3. The summed E-state index contributed by atoms with van der Waals surface area (Å²) in [7, 11) is 0. The van der Waals surface area contributed by atoms with Gasteiger partial charge in [-0.05, 0) is 42.3 Å². The van der Waals surface area contributed by atoms with Crippen LogP contribution in [-0.2, 0) is 0 Å². The van der Waals surface area contributed by atoms with E-state index >= 15 is 0 Å². The van der Waals surface area contributed by atoms with Crippen LogP contribution in [0.15, 0.2) is 39.8 Å². The van der Waals surface area contributed by atoms with E-state index in [2.05, 4.69) is 63.1 Å². The Morgan fingerprint density at radius 3 is 2.76 bits per heavy atom. The Morgan fingerprint density at radius 2 is 2.05 bits per heavy atom. The van der Waals surface area contributed by atoms with Crippen LogP contribution in [0.4, 0.5) is 5.69 Å². The van der Waals surface area contributed by atoms with Crippen molar-refractivity contribution in [3.05, 3.63) is 40.4 Å². The highest BCUT2D eigenvalue weighted by atomic mass is 79.9. The van der Waals surface area contributed by atoms with E-state index in [0.29, 0.717) is 11.9 Å². The van der Waals surface area contributed by atoms with Crippen LogP contribution in [0.3, 0.4) is 0 Å². The Bertz CT molecular complexity index is 721. The number of guanidine groups is 1. The van der Waals surface area contributed by atoms with Crippen LogP contribution < -0.4 is 10.6 Å². The Labute approximate surface area is 134 Å². The first-order valence-electron chi connectivity index (χ1n) is 7.31. The molecule has 0 fully saturated rings. The quantitative estimate of drug-likeness (QED) is 0.620. The number of nitrogens with zero attached hydrogens (tertiary/aromatic N) is 2. The number of anilines is 1. The van der Waals surface area contributed by atoms with Gasteiger partial charge in [0, 0.05) is 28.7 Å². The van der Waals surface area contributed by atoms with Crippen molar-refractivity contribution in [1.29, 1.82) is 0 Å². The lowest BCUT2D eigenvalue weighted by atomic mass is 9.96. The third-order valence-corrected chi connectivity index (χ3v) is 4.63. The maximum Gasteiger partial charge on any atom is 0.196 e. The molecule has 2 N–H and O–H groups in total. The highest BCUT2D eigenvalue weighted by Gasteiger charge is 2.29. The van der Waals surface area contributed by atoms with E-state index in [-0.39, 0.29) is 6.04 Å². The second-order valence-electron chi connectivity index (χ2n) is 5.93. The van der Waals surface area contributed by atoms with Gasteiger partial charge in [0.15, 0.2) is 5.96 Å². The predicted octanol–water partition coefficient (Wildman–Crippen LogP) is 4.25. The standard InChI is InChI=1S/C17H20BrN3/c1-10(2)20-17(19)21-9-11(3)16-13-5-4-6-14(18)12(13)7-8-15(16)21/h4-8,10-11H,9H2,1-3H3,(H2,19,20). The fourth-order valence-electron chi connectivity index (χ4n) is 3.10. The number of halogens is 1. The summed E-state index contributed by atoms with van der Waals surface area (Å²) >= 11 is 3.64. The van der Waals surface area contributed by atoms with Gasteiger partial charge in [0.1, 0.15) is 0 Å². The molecule has 3 nitrogen and oxygen atoms in total. The van der Waals surface area contributed by atoms with Crippen LogP contribution in [0.25, 0.3) is 10.8 Å². The Morgan fingerprint density at radius 1 is 1.29 bits per heavy atom. The number of hydrogen-bond acceptors (Lipinski definition) is 1. The summed E-state index contributed by atoms with van der Waals surface area (Å²) < 4.78 is 1.14. The van der Waals surface area contributed by atoms with Gasteiger partial charge in [-0.25, -0.2) is 0 Å². The molecule has 1 aliphatic heterocycles. The van der Waals surface area contributed by atoms with Gasteiger partial charge in [-0.1, -0.05) is 41.1 Å². The maximum absolute atomic E-state index is 6.20. The van der Waals surface area contributed by atoms with Crippen LogP contribution in [0.5, 0.6) is 0 Å². The first-order chi connectivity index (χ1) is 9.99. The van der Waals surface area contributed by atoms with Gasteiger partial charge in [0.05, 0.1) is 0 Å². The average Bonchev–Trinajstić information content (AvgIpc) is 2.76. The molecule has 0 saturated carbocycles. The van der Waals surface area contributed by atoms with E-state index < -0.39 is 0 Å². The summed E-state index contributed by atoms with van der Waals surface area (Å²) in [5.41, 5.74) is 8.76. The summed E-state index contributed by atoms with van der Waals surface area (Å²) in [5, 5.41) is 2.55. The first-order valence-corrected chi connectivity index (χ1v) is 8.10. The predicted molar refractivity (Wildman–Crippen MR) is 94.2 cm³/mol. The fourth-order valence-corrected chi connectivity index (χ4v) is 3.60. The number of nitrogens with two attached hydrogens (primary N) is 1. The van der Waals surface area contributed by atoms with Crippen molar-refractivity contribution >= 4 is 38.3 Å². The highest BCUT2D eigenvalue weighted by molar-refractivity contribution is 9.10. The lowest BCUT2D eigenvalue weighted by molar-refractivity contribution is 0.799. The van der Waals surface area contributed by atoms with Gasteiger partial charge in [-0.15, -0.1) is 0 Å². The van der Waals surface area contributed by atoms with Crippen LogP contribution in [0.1, 0.15) is 32.3 Å². The average molecular weight is 346 g/mol. The molecule has 1 heterocycles. The zero-order valence-corrected chi connectivity index (χ0v) is 14.2. The Kier molecular flexibility index (Phi) is 3.66. The van der Waals surface area contributed by atoms with Crippen molar-refractivity contribution in [2.45, 2.75) is 32.7 Å². The van der Waals surface area contributed by atoms with E-state index in [1.807, 2.05) is 13.8 Å². The number of benzene rings is 2. The minimum atomic E-state index is 0.207. The Hall–Kier alpha value is -1.55. The van der Waals surface area contributed by atoms with E-state index in [4.69, 9.17) is 5.73 Å². The topological polar surface area (TPSA) is 41.6 Å². The molecule has 0 radical (unpaired) electrons. The molecule has 1 aliphatic rings. The molecule has 0 amide bonds. The van der Waals surface area contributed by atoms with Gasteiger partial charge < -0.3 is 10.6 Å². The first kappa shape index (κ1) is 14.4. The number of hydrogen-bond donors (Lipinski definition) is 1. The Balaban J connectivity index is 2.18. The molecule has 0 saturated heterocycles. The highest BCUT2D eigenvalue weighted by Crippen LogP contribution is 2.42. The summed E-state index contributed by atoms with van der Waals surface area (Å²) in [6.45, 7) is 7.24. The second-order valence-corrected chi connectivity index (χ2v) is 6.78. The molecule has 4 heteroatoms. The van der Waals surface area contributed by atoms with Crippen LogP contribution in [0, 0.1) is 0 Å². The number of rotatable bonds is 1. The lowest BCUT2D eigenvalue weighted by Gasteiger charge is -2.19. The molecule has 0 bridgehead atoms. The molecule has 0 aromatic heterocycles. The van der Waals surface area contributed by atoms with Crippen molar-refractivity contribution in [1.82, 2.24) is 0 Å². The van der Waals surface area contributed by atoms with Crippen molar-refractivity contribution in [3.63, 3.8) is 0 Å². The minimum absolute atomic E-state index is 0.207. The molecule has 2 aromatic carbocycles. The molecule has 1 atom stereocenters. The van der Waals surface area contributed by atoms with Crippen molar-refractivity contribution < 1.29 is 0 Å². The number of aliphatic imine (C=N–C) groups is 1. The van der Waals surface area contributed by atoms with Gasteiger partial charge in [0.2, 0.25) is 0 Å². The number of fused-ring (bicyclic) bond motifs is 3. The van der Waals surface area contributed by atoms with Gasteiger partial charge in [0.25, 0.3) is 0 Å². The zero-order chi connectivity index (χ0) is 15.1. The smallest absolute Gasteiger partial charge is 0.196 e. The van der Waals surface area contributed by atoms with Gasteiger partial charge >= 0.3 is 0 Å². The summed E-state index contributed by atoms with van der Waals surface area (Å²) in [5.74, 6) is 1.06. The summed E-state index contributed by atoms with van der Waals surface area (Å²) in [6, 6.07) is 10.9. The van der Waals surface area contributed by atoms with E-state index in [1.165, 1.54) is 22.0 Å². The molecule has 0 spiro atoms. The second kappa shape index (κ2) is 5.34. The largest absolute Gasteiger partial charge is 0.370 e. The van der Waals surface area contributed by atoms with Crippen LogP contribution in [0.2, 0.25) is 0 Å². The van der Waals surface area contributed by atoms with Crippen molar-refractivity contribution in [3.8, 4) is 0 Å². The van der Waals surface area contributed by atoms with Crippen molar-refractivity contribution in [2.24, 2.45) is 10.7 Å². The molecule has 0 aliphatic carbocycles. The third kappa shape index (κ3) is 2.42. The van der Waals surface area contributed by atoms with E-state index in [0.717, 1.165) is 11.0 Å². The maximum atomic E-state index is 6.20. The third-order valence-electron chi connectivity index (χ3n) is 3.93. The normalized spacial score (nSPS) is 18.6.